The van der Waals surface area contributed by atoms with Crippen LogP contribution in [0.1, 0.15) is 30.6 Å². The van der Waals surface area contributed by atoms with Gasteiger partial charge < -0.3 is 10.0 Å². The van der Waals surface area contributed by atoms with E-state index in [9.17, 15) is 9.90 Å². The Hall–Kier alpha value is -1.26. The third-order valence-electron chi connectivity index (χ3n) is 3.68. The molecule has 114 valence electrons. The van der Waals surface area contributed by atoms with Gasteiger partial charge >= 0.3 is 0 Å². The van der Waals surface area contributed by atoms with Crippen LogP contribution in [0.3, 0.4) is 0 Å². The lowest BCUT2D eigenvalue weighted by molar-refractivity contribution is 0.0778. The number of likely N-dealkylation sites (tertiary alicyclic amines) is 1. The van der Waals surface area contributed by atoms with Crippen molar-refractivity contribution in [1.82, 2.24) is 4.90 Å². The highest BCUT2D eigenvalue weighted by molar-refractivity contribution is 7.99. The van der Waals surface area contributed by atoms with E-state index in [-0.39, 0.29) is 18.4 Å². The van der Waals surface area contributed by atoms with Crippen LogP contribution in [0.15, 0.2) is 40.8 Å². The van der Waals surface area contributed by atoms with E-state index in [0.29, 0.717) is 6.54 Å². The zero-order chi connectivity index (χ0) is 15.2. The van der Waals surface area contributed by atoms with Crippen LogP contribution in [-0.4, -0.2) is 41.4 Å². The van der Waals surface area contributed by atoms with E-state index < -0.39 is 0 Å². The second-order valence-corrected chi connectivity index (χ2v) is 6.74. The molecule has 0 aromatic heterocycles. The number of carbonyl (C=O) groups is 1. The molecule has 0 radical (unpaired) electrons. The summed E-state index contributed by atoms with van der Waals surface area (Å²) >= 11 is 1.70. The number of hydrogen-bond acceptors (Lipinski definition) is 3. The van der Waals surface area contributed by atoms with E-state index in [4.69, 9.17) is 0 Å². The molecule has 21 heavy (non-hydrogen) atoms. The molecule has 0 unspecified atom stereocenters. The Morgan fingerprint density at radius 3 is 2.86 bits per heavy atom. The molecule has 1 saturated heterocycles. The number of benzene rings is 1. The van der Waals surface area contributed by atoms with Crippen LogP contribution >= 0.6 is 11.8 Å². The van der Waals surface area contributed by atoms with Crippen molar-refractivity contribution in [2.24, 2.45) is 5.92 Å². The second-order valence-electron chi connectivity index (χ2n) is 5.68. The highest BCUT2D eigenvalue weighted by atomic mass is 32.2. The number of thioether (sulfide) groups is 1. The molecule has 0 bridgehead atoms. The molecule has 0 spiro atoms. The minimum absolute atomic E-state index is 0.0891. The Bertz CT molecular complexity index is 523. The fourth-order valence-corrected chi connectivity index (χ4v) is 3.49. The van der Waals surface area contributed by atoms with Crippen molar-refractivity contribution in [3.63, 3.8) is 0 Å². The van der Waals surface area contributed by atoms with Crippen LogP contribution < -0.4 is 0 Å². The van der Waals surface area contributed by atoms with Gasteiger partial charge in [-0.15, -0.1) is 11.8 Å². The van der Waals surface area contributed by atoms with E-state index in [1.54, 1.807) is 11.8 Å². The summed E-state index contributed by atoms with van der Waals surface area (Å²) in [7, 11) is 0. The van der Waals surface area contributed by atoms with Crippen molar-refractivity contribution in [3.05, 3.63) is 41.5 Å². The first-order valence-corrected chi connectivity index (χ1v) is 8.35. The standard InChI is InChI=1S/C17H23NO2S/c1-13(2)8-10-21-16-6-4-3-5-15(16)17(20)18-9-7-14(11-18)12-19/h3-6,8,14,19H,7,9-12H2,1-2H3/t14-/m1/s1. The van der Waals surface area contributed by atoms with E-state index in [0.717, 1.165) is 29.2 Å². The smallest absolute Gasteiger partial charge is 0.254 e. The topological polar surface area (TPSA) is 40.5 Å². The second kappa shape index (κ2) is 7.66. The summed E-state index contributed by atoms with van der Waals surface area (Å²) in [4.78, 5) is 15.5. The molecule has 1 fully saturated rings. The summed E-state index contributed by atoms with van der Waals surface area (Å²) in [6, 6.07) is 7.80. The van der Waals surface area contributed by atoms with Crippen molar-refractivity contribution in [2.75, 3.05) is 25.4 Å². The molecule has 1 aromatic carbocycles. The lowest BCUT2D eigenvalue weighted by atomic mass is 10.1. The zero-order valence-corrected chi connectivity index (χ0v) is 13.5. The first kappa shape index (κ1) is 16.1. The van der Waals surface area contributed by atoms with Crippen LogP contribution in [-0.2, 0) is 0 Å². The minimum atomic E-state index is 0.0891. The SMILES string of the molecule is CC(C)=CCSc1ccccc1C(=O)N1CC[C@@H](CO)C1. The van der Waals surface area contributed by atoms with Crippen LogP contribution in [0.5, 0.6) is 0 Å². The Morgan fingerprint density at radius 1 is 1.43 bits per heavy atom. The molecule has 1 atom stereocenters. The fourth-order valence-electron chi connectivity index (χ4n) is 2.40. The molecular formula is C17H23NO2S. The van der Waals surface area contributed by atoms with Crippen molar-refractivity contribution in [2.45, 2.75) is 25.2 Å². The van der Waals surface area contributed by atoms with Gasteiger partial charge in [-0.25, -0.2) is 0 Å². The van der Waals surface area contributed by atoms with Gasteiger partial charge in [-0.1, -0.05) is 23.8 Å². The third kappa shape index (κ3) is 4.35. The van der Waals surface area contributed by atoms with Crippen LogP contribution in [0.2, 0.25) is 0 Å². The minimum Gasteiger partial charge on any atom is -0.396 e. The maximum atomic E-state index is 12.6. The molecule has 3 nitrogen and oxygen atoms in total. The molecule has 4 heteroatoms. The molecule has 1 aromatic rings. The van der Waals surface area contributed by atoms with Gasteiger partial charge in [0.1, 0.15) is 0 Å². The molecule has 1 amide bonds. The molecule has 1 aliphatic rings. The number of hydrogen-bond donors (Lipinski definition) is 1. The third-order valence-corrected chi connectivity index (χ3v) is 4.68. The zero-order valence-electron chi connectivity index (χ0n) is 12.7. The number of nitrogens with zero attached hydrogens (tertiary/aromatic N) is 1. The highest BCUT2D eigenvalue weighted by Gasteiger charge is 2.27. The number of aliphatic hydroxyl groups is 1. The predicted molar refractivity (Wildman–Crippen MR) is 87.7 cm³/mol. The number of aliphatic hydroxyl groups excluding tert-OH is 1. The summed E-state index contributed by atoms with van der Waals surface area (Å²) in [5.41, 5.74) is 2.07. The van der Waals surface area contributed by atoms with Gasteiger partial charge in [-0.05, 0) is 32.4 Å². The van der Waals surface area contributed by atoms with Gasteiger partial charge in [-0.2, -0.15) is 0 Å². The van der Waals surface area contributed by atoms with E-state index in [1.165, 1.54) is 5.57 Å². The number of amides is 1. The predicted octanol–water partition coefficient (Wildman–Crippen LogP) is 3.20. The Labute approximate surface area is 131 Å². The van der Waals surface area contributed by atoms with Crippen molar-refractivity contribution in [1.29, 1.82) is 0 Å². The molecule has 1 N–H and O–H groups in total. The van der Waals surface area contributed by atoms with Crippen LogP contribution in [0.4, 0.5) is 0 Å². The van der Waals surface area contributed by atoms with E-state index in [2.05, 4.69) is 19.9 Å². The normalized spacial score (nSPS) is 17.9. The Morgan fingerprint density at radius 2 is 2.19 bits per heavy atom. The molecule has 1 heterocycles. The first-order valence-electron chi connectivity index (χ1n) is 7.37. The quantitative estimate of drug-likeness (QED) is 0.671. The van der Waals surface area contributed by atoms with Gasteiger partial charge in [0, 0.05) is 36.3 Å². The van der Waals surface area contributed by atoms with Crippen LogP contribution in [0.25, 0.3) is 0 Å². The summed E-state index contributed by atoms with van der Waals surface area (Å²) < 4.78 is 0. The van der Waals surface area contributed by atoms with E-state index in [1.807, 2.05) is 29.2 Å². The average molecular weight is 305 g/mol. The summed E-state index contributed by atoms with van der Waals surface area (Å²) in [6.45, 7) is 5.74. The maximum absolute atomic E-state index is 12.6. The number of rotatable bonds is 5. The molecule has 2 rings (SSSR count). The molecule has 1 aliphatic heterocycles. The van der Waals surface area contributed by atoms with Gasteiger partial charge in [0.2, 0.25) is 0 Å². The fraction of sp³-hybridized carbons (Fsp3) is 0.471. The summed E-state index contributed by atoms with van der Waals surface area (Å²) in [6.07, 6.45) is 3.07. The van der Waals surface area contributed by atoms with Crippen molar-refractivity contribution in [3.8, 4) is 0 Å². The lowest BCUT2D eigenvalue weighted by Crippen LogP contribution is -2.29. The average Bonchev–Trinajstić information content (AvgIpc) is 2.95. The van der Waals surface area contributed by atoms with Crippen LogP contribution in [0, 0.1) is 5.92 Å². The summed E-state index contributed by atoms with van der Waals surface area (Å²) in [5, 5.41) is 9.21. The van der Waals surface area contributed by atoms with Gasteiger partial charge in [-0.3, -0.25) is 4.79 Å². The molecule has 0 aliphatic carbocycles. The number of carbonyl (C=O) groups excluding carboxylic acids is 1. The Balaban J connectivity index is 2.08. The van der Waals surface area contributed by atoms with Gasteiger partial charge in [0.05, 0.1) is 5.56 Å². The van der Waals surface area contributed by atoms with Crippen molar-refractivity contribution >= 4 is 17.7 Å². The first-order chi connectivity index (χ1) is 10.1. The van der Waals surface area contributed by atoms with Crippen molar-refractivity contribution < 1.29 is 9.90 Å². The highest BCUT2D eigenvalue weighted by Crippen LogP contribution is 2.26. The van der Waals surface area contributed by atoms with Gasteiger partial charge in [0.15, 0.2) is 0 Å². The van der Waals surface area contributed by atoms with Gasteiger partial charge in [0.25, 0.3) is 5.91 Å². The largest absolute Gasteiger partial charge is 0.396 e. The Kier molecular flexibility index (Phi) is 5.88. The van der Waals surface area contributed by atoms with E-state index >= 15 is 0 Å². The summed E-state index contributed by atoms with van der Waals surface area (Å²) in [5.74, 6) is 1.21. The lowest BCUT2D eigenvalue weighted by Gasteiger charge is -2.18. The maximum Gasteiger partial charge on any atom is 0.254 e. The number of allylic oxidation sites excluding steroid dienone is 1. The molecule has 0 saturated carbocycles. The monoisotopic (exact) mass is 305 g/mol. The molecular weight excluding hydrogens is 282 g/mol.